The Morgan fingerprint density at radius 2 is 1.77 bits per heavy atom. The highest BCUT2D eigenvalue weighted by atomic mass is 35.5. The Labute approximate surface area is 161 Å². The van der Waals surface area contributed by atoms with Gasteiger partial charge in [-0.2, -0.15) is 0 Å². The predicted octanol–water partition coefficient (Wildman–Crippen LogP) is 5.62. The third kappa shape index (κ3) is 4.16. The Morgan fingerprint density at radius 1 is 1.12 bits per heavy atom. The lowest BCUT2D eigenvalue weighted by Gasteiger charge is -2.43. The van der Waals surface area contributed by atoms with Gasteiger partial charge in [-0.05, 0) is 87.4 Å². The fourth-order valence-corrected chi connectivity index (χ4v) is 4.15. The van der Waals surface area contributed by atoms with E-state index in [9.17, 15) is 5.11 Å². The first-order chi connectivity index (χ1) is 12.3. The van der Waals surface area contributed by atoms with Crippen LogP contribution < -0.4 is 10.1 Å². The highest BCUT2D eigenvalue weighted by Gasteiger charge is 2.40. The summed E-state index contributed by atoms with van der Waals surface area (Å²) in [5.41, 5.74) is 1.22. The Bertz CT molecular complexity index is 734. The summed E-state index contributed by atoms with van der Waals surface area (Å²) in [5.74, 6) is 1.28. The lowest BCUT2D eigenvalue weighted by molar-refractivity contribution is -0.0212. The number of hydrogen-bond donors (Lipinski definition) is 2. The summed E-state index contributed by atoms with van der Waals surface area (Å²) in [6.07, 6.45) is 3.47. The molecule has 0 radical (unpaired) electrons. The molecule has 0 aliphatic heterocycles. The van der Waals surface area contributed by atoms with E-state index in [-0.39, 0.29) is 5.54 Å². The van der Waals surface area contributed by atoms with Crippen LogP contribution in [0.2, 0.25) is 5.02 Å². The van der Waals surface area contributed by atoms with E-state index in [0.717, 1.165) is 47.7 Å². The van der Waals surface area contributed by atoms with Gasteiger partial charge in [-0.3, -0.25) is 0 Å². The second kappa shape index (κ2) is 7.50. The highest BCUT2D eigenvalue weighted by Crippen LogP contribution is 2.44. The van der Waals surface area contributed by atoms with Gasteiger partial charge < -0.3 is 15.2 Å². The number of benzene rings is 2. The lowest BCUT2D eigenvalue weighted by Crippen LogP contribution is -2.44. The van der Waals surface area contributed by atoms with Gasteiger partial charge in [0.2, 0.25) is 0 Å². The minimum absolute atomic E-state index is 0.0520. The van der Waals surface area contributed by atoms with Gasteiger partial charge in [-0.15, -0.1) is 0 Å². The molecule has 2 aromatic carbocycles. The van der Waals surface area contributed by atoms with E-state index >= 15 is 0 Å². The van der Waals surface area contributed by atoms with Gasteiger partial charge in [0.15, 0.2) is 0 Å². The van der Waals surface area contributed by atoms with E-state index in [1.165, 1.54) is 0 Å². The molecule has 0 spiro atoms. The van der Waals surface area contributed by atoms with Gasteiger partial charge >= 0.3 is 0 Å². The molecule has 1 saturated carbocycles. The number of rotatable bonds is 5. The Balaban J connectivity index is 1.67. The minimum atomic E-state index is -0.763. The summed E-state index contributed by atoms with van der Waals surface area (Å²) in [5, 5.41) is 15.6. The van der Waals surface area contributed by atoms with Crippen LogP contribution in [0.15, 0.2) is 48.5 Å². The van der Waals surface area contributed by atoms with Gasteiger partial charge in [0.1, 0.15) is 5.75 Å². The zero-order valence-corrected chi connectivity index (χ0v) is 16.5. The van der Waals surface area contributed by atoms with Crippen molar-refractivity contribution in [3.8, 4) is 5.75 Å². The predicted molar refractivity (Wildman–Crippen MR) is 108 cm³/mol. The molecular weight excluding hydrogens is 346 g/mol. The van der Waals surface area contributed by atoms with E-state index in [1.54, 1.807) is 7.11 Å². The Morgan fingerprint density at radius 3 is 2.38 bits per heavy atom. The number of methoxy groups -OCH3 is 1. The van der Waals surface area contributed by atoms with Crippen molar-refractivity contribution in [2.24, 2.45) is 5.92 Å². The largest absolute Gasteiger partial charge is 0.497 e. The molecule has 1 aliphatic carbocycles. The van der Waals surface area contributed by atoms with Crippen LogP contribution in [0.4, 0.5) is 5.69 Å². The normalized spacial score (nSPS) is 23.5. The Hall–Kier alpha value is -1.71. The van der Waals surface area contributed by atoms with Crippen molar-refractivity contribution in [2.45, 2.75) is 50.7 Å². The SMILES string of the molecule is COc1cccc(C2(O)CCC(C(C)(C)Nc3ccc(Cl)cc3)CC2)c1. The van der Waals surface area contributed by atoms with E-state index < -0.39 is 5.60 Å². The van der Waals surface area contributed by atoms with E-state index in [1.807, 2.05) is 48.5 Å². The number of halogens is 1. The molecule has 4 heteroatoms. The first-order valence-electron chi connectivity index (χ1n) is 9.23. The summed E-state index contributed by atoms with van der Waals surface area (Å²) in [4.78, 5) is 0. The quantitative estimate of drug-likeness (QED) is 0.714. The molecule has 0 heterocycles. The van der Waals surface area contributed by atoms with Crippen molar-refractivity contribution in [2.75, 3.05) is 12.4 Å². The highest BCUT2D eigenvalue weighted by molar-refractivity contribution is 6.30. The number of aliphatic hydroxyl groups is 1. The van der Waals surface area contributed by atoms with Gasteiger partial charge in [-0.25, -0.2) is 0 Å². The first kappa shape index (κ1) is 19.1. The van der Waals surface area contributed by atoms with Crippen LogP contribution in [0.3, 0.4) is 0 Å². The summed E-state index contributed by atoms with van der Waals surface area (Å²) < 4.78 is 5.31. The fourth-order valence-electron chi connectivity index (χ4n) is 4.03. The summed E-state index contributed by atoms with van der Waals surface area (Å²) in [6, 6.07) is 15.7. The second-order valence-corrected chi connectivity index (χ2v) is 8.33. The number of hydrogen-bond acceptors (Lipinski definition) is 3. The average molecular weight is 374 g/mol. The molecule has 1 aliphatic rings. The van der Waals surface area contributed by atoms with E-state index in [2.05, 4.69) is 19.2 Å². The maximum atomic E-state index is 11.2. The topological polar surface area (TPSA) is 41.5 Å². The molecule has 0 atom stereocenters. The van der Waals surface area contributed by atoms with Crippen LogP contribution in [0, 0.1) is 5.92 Å². The van der Waals surface area contributed by atoms with Crippen molar-refractivity contribution in [3.63, 3.8) is 0 Å². The molecule has 2 aromatic rings. The maximum absolute atomic E-state index is 11.2. The van der Waals surface area contributed by atoms with Gasteiger partial charge in [0.05, 0.1) is 12.7 Å². The van der Waals surface area contributed by atoms with Crippen LogP contribution in [0.1, 0.15) is 45.1 Å². The summed E-state index contributed by atoms with van der Waals surface area (Å²) >= 11 is 5.98. The molecule has 26 heavy (non-hydrogen) atoms. The monoisotopic (exact) mass is 373 g/mol. The standard InChI is InChI=1S/C22H28ClNO2/c1-21(2,24-19-9-7-18(23)8-10-19)16-11-13-22(25,14-12-16)17-5-4-6-20(15-17)26-3/h4-10,15-16,24-25H,11-14H2,1-3H3. The molecule has 0 unspecified atom stereocenters. The first-order valence-corrected chi connectivity index (χ1v) is 9.61. The Kier molecular flexibility index (Phi) is 5.50. The van der Waals surface area contributed by atoms with Crippen molar-refractivity contribution < 1.29 is 9.84 Å². The van der Waals surface area contributed by atoms with Gasteiger partial charge in [-0.1, -0.05) is 23.7 Å². The van der Waals surface area contributed by atoms with Gasteiger partial charge in [0, 0.05) is 16.2 Å². The van der Waals surface area contributed by atoms with Crippen molar-refractivity contribution in [3.05, 3.63) is 59.1 Å². The molecule has 0 bridgehead atoms. The third-order valence-electron chi connectivity index (χ3n) is 5.75. The molecule has 140 valence electrons. The molecule has 3 rings (SSSR count). The van der Waals surface area contributed by atoms with Crippen LogP contribution in [-0.4, -0.2) is 17.8 Å². The van der Waals surface area contributed by atoms with Crippen molar-refractivity contribution >= 4 is 17.3 Å². The zero-order chi connectivity index (χ0) is 18.8. The third-order valence-corrected chi connectivity index (χ3v) is 6.00. The van der Waals surface area contributed by atoms with Crippen molar-refractivity contribution in [1.29, 1.82) is 0 Å². The number of nitrogens with one attached hydrogen (secondary N) is 1. The lowest BCUT2D eigenvalue weighted by atomic mass is 9.69. The smallest absolute Gasteiger partial charge is 0.119 e. The number of ether oxygens (including phenoxy) is 1. The zero-order valence-electron chi connectivity index (χ0n) is 15.8. The van der Waals surface area contributed by atoms with Crippen molar-refractivity contribution in [1.82, 2.24) is 0 Å². The van der Waals surface area contributed by atoms with Crippen LogP contribution in [0.25, 0.3) is 0 Å². The molecule has 1 fully saturated rings. The second-order valence-electron chi connectivity index (χ2n) is 7.89. The van der Waals surface area contributed by atoms with E-state index in [0.29, 0.717) is 5.92 Å². The van der Waals surface area contributed by atoms with Crippen LogP contribution >= 0.6 is 11.6 Å². The summed E-state index contributed by atoms with van der Waals surface area (Å²) in [7, 11) is 1.66. The molecule has 2 N–H and O–H groups in total. The molecule has 0 aromatic heterocycles. The van der Waals surface area contributed by atoms with Crippen LogP contribution in [0.5, 0.6) is 5.75 Å². The summed E-state index contributed by atoms with van der Waals surface area (Å²) in [6.45, 7) is 4.48. The minimum Gasteiger partial charge on any atom is -0.497 e. The fraction of sp³-hybridized carbons (Fsp3) is 0.455. The molecular formula is C22H28ClNO2. The maximum Gasteiger partial charge on any atom is 0.119 e. The van der Waals surface area contributed by atoms with E-state index in [4.69, 9.17) is 16.3 Å². The molecule has 3 nitrogen and oxygen atoms in total. The number of anilines is 1. The van der Waals surface area contributed by atoms with Gasteiger partial charge in [0.25, 0.3) is 0 Å². The molecule has 0 saturated heterocycles. The molecule has 0 amide bonds. The average Bonchev–Trinajstić information content (AvgIpc) is 2.64. The van der Waals surface area contributed by atoms with Crippen LogP contribution in [-0.2, 0) is 5.60 Å².